The largest absolute Gasteiger partial charge is 0.382 e. The Kier molecular flexibility index (Phi) is 1.44. The van der Waals surface area contributed by atoms with Crippen LogP contribution >= 0.6 is 11.6 Å². The molecule has 0 bridgehead atoms. The van der Waals surface area contributed by atoms with Crippen molar-refractivity contribution in [3.63, 3.8) is 0 Å². The fraction of sp³-hybridized carbons (Fsp3) is 0.143. The molecule has 0 aliphatic rings. The number of anilines is 1. The van der Waals surface area contributed by atoms with Crippen molar-refractivity contribution in [2.75, 3.05) is 5.73 Å². The summed E-state index contributed by atoms with van der Waals surface area (Å²) >= 11 is 5.72. The van der Waals surface area contributed by atoms with Crippen LogP contribution in [-0.4, -0.2) is 14.5 Å². The Hall–Kier alpha value is -1.29. The summed E-state index contributed by atoms with van der Waals surface area (Å²) in [5.41, 5.74) is 7.19. The van der Waals surface area contributed by atoms with E-state index in [-0.39, 0.29) is 0 Å². The quantitative estimate of drug-likeness (QED) is 0.623. The maximum Gasteiger partial charge on any atom is 0.153 e. The van der Waals surface area contributed by atoms with Crippen molar-refractivity contribution >= 4 is 28.5 Å². The lowest BCUT2D eigenvalue weighted by molar-refractivity contribution is 0.947. The smallest absolute Gasteiger partial charge is 0.153 e. The zero-order valence-corrected chi connectivity index (χ0v) is 7.21. The Balaban J connectivity index is 2.92. The predicted octanol–water partition coefficient (Wildman–Crippen LogP) is 1.20. The molecule has 4 nitrogen and oxygen atoms in total. The lowest BCUT2D eigenvalue weighted by Crippen LogP contribution is -1.92. The summed E-state index contributed by atoms with van der Waals surface area (Å²) in [6, 6.07) is 1.74. The number of aryl methyl sites for hydroxylation is 1. The predicted molar refractivity (Wildman–Crippen MR) is 47.9 cm³/mol. The number of hydrogen-bond acceptors (Lipinski definition) is 3. The molecule has 0 aliphatic heterocycles. The second-order valence-electron chi connectivity index (χ2n) is 2.55. The number of pyridine rings is 1. The molecule has 2 N–H and O–H groups in total. The minimum Gasteiger partial charge on any atom is -0.382 e. The van der Waals surface area contributed by atoms with Gasteiger partial charge in [0.2, 0.25) is 0 Å². The van der Waals surface area contributed by atoms with E-state index >= 15 is 0 Å². The molecule has 2 aromatic heterocycles. The first-order chi connectivity index (χ1) is 5.68. The fourth-order valence-electron chi connectivity index (χ4n) is 1.12. The summed E-state index contributed by atoms with van der Waals surface area (Å²) in [7, 11) is 1.88. The molecule has 0 aromatic carbocycles. The van der Waals surface area contributed by atoms with Crippen molar-refractivity contribution in [2.24, 2.45) is 7.05 Å². The maximum atomic E-state index is 5.72. The lowest BCUT2D eigenvalue weighted by atomic mass is 10.4. The van der Waals surface area contributed by atoms with Crippen molar-refractivity contribution in [3.8, 4) is 0 Å². The molecule has 0 fully saturated rings. The van der Waals surface area contributed by atoms with Crippen molar-refractivity contribution in [1.29, 1.82) is 0 Å². The van der Waals surface area contributed by atoms with Gasteiger partial charge in [0, 0.05) is 13.1 Å². The van der Waals surface area contributed by atoms with Crippen LogP contribution in [-0.2, 0) is 7.05 Å². The summed E-state index contributed by atoms with van der Waals surface area (Å²) < 4.78 is 1.85. The third-order valence-electron chi connectivity index (χ3n) is 1.71. The van der Waals surface area contributed by atoms with Gasteiger partial charge in [-0.2, -0.15) is 0 Å². The average molecular weight is 183 g/mol. The number of imidazole rings is 1. The molecule has 12 heavy (non-hydrogen) atoms. The second kappa shape index (κ2) is 2.35. The molecule has 2 rings (SSSR count). The third-order valence-corrected chi connectivity index (χ3v) is 1.90. The van der Waals surface area contributed by atoms with Crippen LogP contribution in [0, 0.1) is 0 Å². The van der Waals surface area contributed by atoms with Crippen LogP contribution in [0.25, 0.3) is 11.0 Å². The minimum atomic E-state index is 0.373. The molecule has 0 unspecified atom stereocenters. The van der Waals surface area contributed by atoms with Crippen molar-refractivity contribution in [3.05, 3.63) is 17.5 Å². The van der Waals surface area contributed by atoms with Crippen LogP contribution in [0.2, 0.25) is 5.15 Å². The highest BCUT2D eigenvalue weighted by Crippen LogP contribution is 2.20. The summed E-state index contributed by atoms with van der Waals surface area (Å²) in [5, 5.41) is 0.392. The molecule has 0 spiro atoms. The molecule has 0 saturated carbocycles. The van der Waals surface area contributed by atoms with E-state index in [1.165, 1.54) is 0 Å². The highest BCUT2D eigenvalue weighted by atomic mass is 35.5. The van der Waals surface area contributed by atoms with Gasteiger partial charge in [-0.15, -0.1) is 0 Å². The first-order valence-corrected chi connectivity index (χ1v) is 3.79. The molecule has 0 aliphatic carbocycles. The van der Waals surface area contributed by atoms with E-state index in [9.17, 15) is 0 Å². The molecule has 5 heteroatoms. The van der Waals surface area contributed by atoms with E-state index in [1.54, 1.807) is 12.4 Å². The van der Waals surface area contributed by atoms with Crippen LogP contribution in [0.15, 0.2) is 12.4 Å². The Morgan fingerprint density at radius 1 is 1.58 bits per heavy atom. The number of nitrogens with zero attached hydrogens (tertiary/aromatic N) is 3. The summed E-state index contributed by atoms with van der Waals surface area (Å²) in [5.74, 6) is 0.373. The summed E-state index contributed by atoms with van der Waals surface area (Å²) in [4.78, 5) is 7.96. The van der Waals surface area contributed by atoms with Gasteiger partial charge in [-0.3, -0.25) is 0 Å². The Labute approximate surface area is 74.0 Å². The van der Waals surface area contributed by atoms with Gasteiger partial charge < -0.3 is 10.3 Å². The van der Waals surface area contributed by atoms with Crippen molar-refractivity contribution in [2.45, 2.75) is 0 Å². The molecule has 2 heterocycles. The first kappa shape index (κ1) is 7.36. The monoisotopic (exact) mass is 182 g/mol. The van der Waals surface area contributed by atoms with Gasteiger partial charge in [0.1, 0.15) is 10.7 Å². The summed E-state index contributed by atoms with van der Waals surface area (Å²) in [6.45, 7) is 0. The topological polar surface area (TPSA) is 56.7 Å². The second-order valence-corrected chi connectivity index (χ2v) is 2.94. The summed E-state index contributed by atoms with van der Waals surface area (Å²) in [6.07, 6.45) is 1.68. The van der Waals surface area contributed by atoms with E-state index < -0.39 is 0 Å². The lowest BCUT2D eigenvalue weighted by Gasteiger charge is -1.97. The fourth-order valence-corrected chi connectivity index (χ4v) is 1.31. The molecule has 2 aromatic rings. The molecule has 0 amide bonds. The van der Waals surface area contributed by atoms with E-state index in [0.29, 0.717) is 16.5 Å². The molecule has 0 radical (unpaired) electrons. The van der Waals surface area contributed by atoms with Crippen LogP contribution in [0.4, 0.5) is 5.82 Å². The van der Waals surface area contributed by atoms with Gasteiger partial charge in [-0.1, -0.05) is 11.6 Å². The molecular weight excluding hydrogens is 176 g/mol. The maximum absolute atomic E-state index is 5.72. The van der Waals surface area contributed by atoms with Crippen LogP contribution in [0.1, 0.15) is 0 Å². The Morgan fingerprint density at radius 3 is 3.08 bits per heavy atom. The molecule has 62 valence electrons. The average Bonchev–Trinajstić information content (AvgIpc) is 2.33. The Bertz CT molecular complexity index is 434. The highest BCUT2D eigenvalue weighted by molar-refractivity contribution is 6.30. The van der Waals surface area contributed by atoms with Gasteiger partial charge in [0.05, 0.1) is 11.8 Å². The minimum absolute atomic E-state index is 0.373. The van der Waals surface area contributed by atoms with Crippen LogP contribution in [0.5, 0.6) is 0 Å². The zero-order chi connectivity index (χ0) is 8.72. The number of hydrogen-bond donors (Lipinski definition) is 1. The van der Waals surface area contributed by atoms with E-state index in [1.807, 2.05) is 11.6 Å². The SMILES string of the molecule is Cn1cnc2c(N)nc(Cl)cc21. The number of rotatable bonds is 0. The number of aromatic nitrogens is 3. The number of nitrogen functional groups attached to an aromatic ring is 1. The first-order valence-electron chi connectivity index (χ1n) is 3.41. The van der Waals surface area contributed by atoms with Gasteiger partial charge in [-0.05, 0) is 0 Å². The van der Waals surface area contributed by atoms with Crippen LogP contribution < -0.4 is 5.73 Å². The zero-order valence-electron chi connectivity index (χ0n) is 6.45. The van der Waals surface area contributed by atoms with E-state index in [0.717, 1.165) is 5.52 Å². The number of nitrogens with two attached hydrogens (primary N) is 1. The normalized spacial score (nSPS) is 10.8. The number of halogens is 1. The standard InChI is InChI=1S/C7H7ClN4/c1-12-3-10-6-4(12)2-5(8)11-7(6)9/h2-3H,1H3,(H2,9,11). The van der Waals surface area contributed by atoms with Crippen molar-refractivity contribution < 1.29 is 0 Å². The third kappa shape index (κ3) is 0.921. The number of fused-ring (bicyclic) bond motifs is 1. The molecular formula is C7H7ClN4. The molecule has 0 atom stereocenters. The Morgan fingerprint density at radius 2 is 2.33 bits per heavy atom. The van der Waals surface area contributed by atoms with E-state index in [2.05, 4.69) is 9.97 Å². The van der Waals surface area contributed by atoms with Gasteiger partial charge in [0.15, 0.2) is 5.82 Å². The van der Waals surface area contributed by atoms with E-state index in [4.69, 9.17) is 17.3 Å². The van der Waals surface area contributed by atoms with Crippen molar-refractivity contribution in [1.82, 2.24) is 14.5 Å². The van der Waals surface area contributed by atoms with Gasteiger partial charge in [-0.25, -0.2) is 9.97 Å². The molecule has 0 saturated heterocycles. The van der Waals surface area contributed by atoms with Gasteiger partial charge in [0.25, 0.3) is 0 Å². The van der Waals surface area contributed by atoms with Gasteiger partial charge >= 0.3 is 0 Å². The van der Waals surface area contributed by atoms with Crippen LogP contribution in [0.3, 0.4) is 0 Å². The highest BCUT2D eigenvalue weighted by Gasteiger charge is 2.05.